The number of aromatic nitrogens is 1. The molecule has 1 fully saturated rings. The van der Waals surface area contributed by atoms with Crippen molar-refractivity contribution in [1.29, 1.82) is 0 Å². The van der Waals surface area contributed by atoms with Crippen molar-refractivity contribution >= 4 is 5.69 Å². The Morgan fingerprint density at radius 3 is 2.91 bits per heavy atom. The topological polar surface area (TPSA) is 43.8 Å². The van der Waals surface area contributed by atoms with Crippen molar-refractivity contribution in [2.75, 3.05) is 38.9 Å². The molecule has 2 heterocycles. The molecule has 1 saturated heterocycles. The van der Waals surface area contributed by atoms with Gasteiger partial charge in [0.25, 0.3) is 0 Å². The lowest BCUT2D eigenvalue weighted by molar-refractivity contribution is -0.0530. The molecular weight excluding hydrogens is 280 g/mol. The summed E-state index contributed by atoms with van der Waals surface area (Å²) in [5.41, 5.74) is 1.58. The van der Waals surface area contributed by atoms with E-state index in [-0.39, 0.29) is 11.6 Å². The van der Waals surface area contributed by atoms with Crippen LogP contribution in [0.5, 0.6) is 5.88 Å². The zero-order valence-corrected chi connectivity index (χ0v) is 14.0. The minimum absolute atomic E-state index is 0.208. The minimum atomic E-state index is -0.221. The molecule has 22 heavy (non-hydrogen) atoms. The van der Waals surface area contributed by atoms with Crippen LogP contribution >= 0.6 is 0 Å². The molecule has 0 amide bonds. The number of methoxy groups -OCH3 is 2. The molecule has 1 aromatic heterocycles. The molecule has 1 aromatic rings. The van der Waals surface area contributed by atoms with Crippen molar-refractivity contribution in [1.82, 2.24) is 4.98 Å². The van der Waals surface area contributed by atoms with Crippen LogP contribution in [0.1, 0.15) is 26.3 Å². The SMILES string of the molecule is COCC#Cc1cnc(OC)c(N2CCOC(C)(C)C2C)c1. The van der Waals surface area contributed by atoms with E-state index in [0.29, 0.717) is 19.1 Å². The molecule has 0 radical (unpaired) electrons. The highest BCUT2D eigenvalue weighted by Crippen LogP contribution is 2.34. The van der Waals surface area contributed by atoms with Gasteiger partial charge < -0.3 is 19.1 Å². The van der Waals surface area contributed by atoms with E-state index in [1.807, 2.05) is 6.07 Å². The summed E-state index contributed by atoms with van der Waals surface area (Å²) < 4.78 is 16.2. The van der Waals surface area contributed by atoms with Crippen molar-refractivity contribution in [2.24, 2.45) is 0 Å². The second kappa shape index (κ2) is 6.99. The number of hydrogen-bond acceptors (Lipinski definition) is 5. The van der Waals surface area contributed by atoms with Crippen molar-refractivity contribution in [3.05, 3.63) is 17.8 Å². The van der Waals surface area contributed by atoms with Crippen LogP contribution in [0.25, 0.3) is 0 Å². The maximum Gasteiger partial charge on any atom is 0.237 e. The Morgan fingerprint density at radius 2 is 2.23 bits per heavy atom. The van der Waals surface area contributed by atoms with Gasteiger partial charge in [-0.15, -0.1) is 0 Å². The van der Waals surface area contributed by atoms with Crippen LogP contribution in [0.15, 0.2) is 12.3 Å². The number of morpholine rings is 1. The van der Waals surface area contributed by atoms with Crippen LogP contribution in [0, 0.1) is 11.8 Å². The van der Waals surface area contributed by atoms with Crippen LogP contribution in [0.4, 0.5) is 5.69 Å². The molecule has 0 bridgehead atoms. The van der Waals surface area contributed by atoms with Gasteiger partial charge in [0.1, 0.15) is 12.3 Å². The van der Waals surface area contributed by atoms with E-state index in [0.717, 1.165) is 17.8 Å². The molecule has 0 aliphatic carbocycles. The third-order valence-corrected chi connectivity index (χ3v) is 4.06. The predicted molar refractivity (Wildman–Crippen MR) is 86.4 cm³/mol. The van der Waals surface area contributed by atoms with Gasteiger partial charge in [-0.2, -0.15) is 0 Å². The van der Waals surface area contributed by atoms with Gasteiger partial charge in [-0.1, -0.05) is 11.8 Å². The normalized spacial score (nSPS) is 20.2. The number of nitrogens with zero attached hydrogens (tertiary/aromatic N) is 2. The van der Waals surface area contributed by atoms with E-state index in [1.54, 1.807) is 20.4 Å². The molecule has 5 heteroatoms. The Hall–Kier alpha value is -1.77. The number of rotatable bonds is 3. The monoisotopic (exact) mass is 304 g/mol. The summed E-state index contributed by atoms with van der Waals surface area (Å²) in [6, 6.07) is 2.23. The minimum Gasteiger partial charge on any atom is -0.480 e. The van der Waals surface area contributed by atoms with Gasteiger partial charge in [0.05, 0.1) is 25.4 Å². The summed E-state index contributed by atoms with van der Waals surface area (Å²) in [7, 11) is 3.27. The average molecular weight is 304 g/mol. The van der Waals surface area contributed by atoms with Crippen LogP contribution < -0.4 is 9.64 Å². The molecule has 1 aliphatic heterocycles. The molecule has 120 valence electrons. The summed E-state index contributed by atoms with van der Waals surface area (Å²) in [4.78, 5) is 6.66. The number of anilines is 1. The summed E-state index contributed by atoms with van der Waals surface area (Å²) in [5, 5.41) is 0. The molecule has 1 atom stereocenters. The molecule has 5 nitrogen and oxygen atoms in total. The number of hydrogen-bond donors (Lipinski definition) is 0. The summed E-state index contributed by atoms with van der Waals surface area (Å²) in [5.74, 6) is 6.62. The van der Waals surface area contributed by atoms with Crippen molar-refractivity contribution in [3.63, 3.8) is 0 Å². The van der Waals surface area contributed by atoms with Gasteiger partial charge in [-0.25, -0.2) is 4.98 Å². The zero-order chi connectivity index (χ0) is 16.2. The Labute approximate surface area is 132 Å². The van der Waals surface area contributed by atoms with E-state index < -0.39 is 0 Å². The van der Waals surface area contributed by atoms with Crippen molar-refractivity contribution < 1.29 is 14.2 Å². The van der Waals surface area contributed by atoms with Crippen molar-refractivity contribution in [2.45, 2.75) is 32.4 Å². The number of ether oxygens (including phenoxy) is 3. The fraction of sp³-hybridized carbons (Fsp3) is 0.588. The molecule has 1 unspecified atom stereocenters. The van der Waals surface area contributed by atoms with Crippen LogP contribution in [-0.4, -0.2) is 50.6 Å². The number of pyridine rings is 1. The van der Waals surface area contributed by atoms with E-state index in [2.05, 4.69) is 42.5 Å². The van der Waals surface area contributed by atoms with Gasteiger partial charge in [-0.05, 0) is 26.8 Å². The summed E-state index contributed by atoms with van der Waals surface area (Å²) in [6.07, 6.45) is 1.72. The Kier molecular flexibility index (Phi) is 5.28. The van der Waals surface area contributed by atoms with Gasteiger partial charge >= 0.3 is 0 Å². The van der Waals surface area contributed by atoms with Gasteiger partial charge in [0.2, 0.25) is 5.88 Å². The average Bonchev–Trinajstić information content (AvgIpc) is 2.50. The second-order valence-electron chi connectivity index (χ2n) is 5.81. The first kappa shape index (κ1) is 16.6. The highest BCUT2D eigenvalue weighted by molar-refractivity contribution is 5.60. The third kappa shape index (κ3) is 3.52. The highest BCUT2D eigenvalue weighted by Gasteiger charge is 2.36. The maximum absolute atomic E-state index is 5.87. The molecule has 0 aromatic carbocycles. The first-order valence-corrected chi connectivity index (χ1v) is 7.42. The fourth-order valence-corrected chi connectivity index (χ4v) is 2.51. The Morgan fingerprint density at radius 1 is 1.45 bits per heavy atom. The molecule has 0 saturated carbocycles. The molecule has 0 N–H and O–H groups in total. The first-order valence-electron chi connectivity index (χ1n) is 7.42. The first-order chi connectivity index (χ1) is 10.5. The van der Waals surface area contributed by atoms with Gasteiger partial charge in [0.15, 0.2) is 0 Å². The molecular formula is C17H24N2O3. The van der Waals surface area contributed by atoms with E-state index >= 15 is 0 Å². The van der Waals surface area contributed by atoms with Crippen LogP contribution in [0.2, 0.25) is 0 Å². The largest absolute Gasteiger partial charge is 0.480 e. The summed E-state index contributed by atoms with van der Waals surface area (Å²) >= 11 is 0. The third-order valence-electron chi connectivity index (χ3n) is 4.06. The lowest BCUT2D eigenvalue weighted by Crippen LogP contribution is -2.55. The molecule has 2 rings (SSSR count). The molecule has 1 aliphatic rings. The summed E-state index contributed by atoms with van der Waals surface area (Å²) in [6.45, 7) is 8.25. The van der Waals surface area contributed by atoms with E-state index in [1.165, 1.54) is 0 Å². The Balaban J connectivity index is 2.35. The smallest absolute Gasteiger partial charge is 0.237 e. The molecule has 0 spiro atoms. The van der Waals surface area contributed by atoms with Gasteiger partial charge in [-0.3, -0.25) is 0 Å². The van der Waals surface area contributed by atoms with Crippen molar-refractivity contribution in [3.8, 4) is 17.7 Å². The van der Waals surface area contributed by atoms with Crippen LogP contribution in [0.3, 0.4) is 0 Å². The second-order valence-corrected chi connectivity index (χ2v) is 5.81. The lowest BCUT2D eigenvalue weighted by atomic mass is 9.96. The van der Waals surface area contributed by atoms with Crippen LogP contribution in [-0.2, 0) is 9.47 Å². The quantitative estimate of drug-likeness (QED) is 0.800. The highest BCUT2D eigenvalue weighted by atomic mass is 16.5. The lowest BCUT2D eigenvalue weighted by Gasteiger charge is -2.45. The van der Waals surface area contributed by atoms with E-state index in [4.69, 9.17) is 14.2 Å². The standard InChI is InChI=1S/C17H24N2O3/c1-13-17(2,3)22-10-8-19(13)15-11-14(7-6-9-20-4)12-18-16(15)21-5/h11-13H,8-10H2,1-5H3. The fourth-order valence-electron chi connectivity index (χ4n) is 2.51. The van der Waals surface area contributed by atoms with Gasteiger partial charge in [0, 0.05) is 25.4 Å². The maximum atomic E-state index is 5.87. The zero-order valence-electron chi connectivity index (χ0n) is 14.0. The Bertz CT molecular complexity index is 575. The van der Waals surface area contributed by atoms with E-state index in [9.17, 15) is 0 Å². The predicted octanol–water partition coefficient (Wildman–Crippen LogP) is 2.09.